The molecule has 8 rings (SSSR count). The Balaban J connectivity index is 1.35. The summed E-state index contributed by atoms with van der Waals surface area (Å²) in [6, 6.07) is 0. The molecule has 12 atom stereocenters. The molecule has 12 nitrogen and oxygen atoms in total. The van der Waals surface area contributed by atoms with E-state index in [4.69, 9.17) is 23.7 Å². The van der Waals surface area contributed by atoms with Gasteiger partial charge in [-0.3, -0.25) is 14.4 Å². The van der Waals surface area contributed by atoms with E-state index < -0.39 is 92.4 Å². The first-order valence-electron chi connectivity index (χ1n) is 14.4. The standard InChI is InChI=1S/C29H34O12/c1-13-9-16-28(40-18(13)32)19-22(2,20(33)24(28,4)35)7-8-25-11-26-14(23(3,12-30)37-15(26)10-17(31)39-26)5-6-27(25,36)21(34)29(19,38-16)41-25/h9,14-16,19,30,35-36H,5-8,10-12H2,1-4H3/t14-,15+,16-,19+,22-,23-,24-,25-,26+,27+,28+,29-/m0/s1. The van der Waals surface area contributed by atoms with Crippen molar-refractivity contribution in [2.24, 2.45) is 17.3 Å². The van der Waals surface area contributed by atoms with Gasteiger partial charge >= 0.3 is 11.9 Å². The van der Waals surface area contributed by atoms with Gasteiger partial charge in [-0.2, -0.15) is 0 Å². The molecular weight excluding hydrogens is 540 g/mol. The lowest BCUT2D eigenvalue weighted by molar-refractivity contribution is -0.264. The van der Waals surface area contributed by atoms with Crippen LogP contribution in [-0.4, -0.2) is 97.0 Å². The van der Waals surface area contributed by atoms with Crippen molar-refractivity contribution in [2.75, 3.05) is 6.61 Å². The van der Waals surface area contributed by atoms with Crippen molar-refractivity contribution in [1.82, 2.24) is 0 Å². The molecule has 3 N–H and O–H groups in total. The molecule has 12 heteroatoms. The molecule has 2 aliphatic carbocycles. The summed E-state index contributed by atoms with van der Waals surface area (Å²) in [7, 11) is 0. The number of ether oxygens (including phenoxy) is 5. The Morgan fingerprint density at radius 1 is 0.976 bits per heavy atom. The van der Waals surface area contributed by atoms with Gasteiger partial charge in [-0.25, -0.2) is 4.79 Å². The first-order chi connectivity index (χ1) is 19.0. The molecule has 0 amide bonds. The second kappa shape index (κ2) is 6.95. The van der Waals surface area contributed by atoms with E-state index in [0.717, 1.165) is 0 Å². The second-order valence-corrected chi connectivity index (χ2v) is 14.3. The molecule has 222 valence electrons. The van der Waals surface area contributed by atoms with Crippen LogP contribution in [0.1, 0.15) is 66.2 Å². The van der Waals surface area contributed by atoms with Crippen LogP contribution in [0.4, 0.5) is 0 Å². The number of aliphatic hydroxyl groups is 3. The van der Waals surface area contributed by atoms with Gasteiger partial charge in [0.25, 0.3) is 0 Å². The number of carbonyl (C=O) groups is 4. The van der Waals surface area contributed by atoms with Gasteiger partial charge in [0.1, 0.15) is 23.4 Å². The highest BCUT2D eigenvalue weighted by atomic mass is 16.8. The zero-order valence-electron chi connectivity index (χ0n) is 23.4. The SMILES string of the molecule is CC1=C[C@@H]2O[C@]34O[C@@]5(CC[C@]6(C)C(=O)[C@](C)(O)[C@]2(OC1=O)[C@H]36)C[C@]12OC(=O)C[C@H]1O[C@@](C)(CO)[C@@H]2CC[C@@]5(O)C4=O. The minimum Gasteiger partial charge on any atom is -0.456 e. The van der Waals surface area contributed by atoms with Crippen LogP contribution in [0.25, 0.3) is 0 Å². The maximum Gasteiger partial charge on any atom is 0.334 e. The Hall–Kier alpha value is -2.22. The van der Waals surface area contributed by atoms with Gasteiger partial charge in [-0.1, -0.05) is 6.92 Å². The number of aliphatic hydroxyl groups excluding tert-OH is 1. The van der Waals surface area contributed by atoms with E-state index in [0.29, 0.717) is 0 Å². The fraction of sp³-hybridized carbons (Fsp3) is 0.793. The molecular formula is C29H34O12. The van der Waals surface area contributed by atoms with E-state index in [-0.39, 0.29) is 50.7 Å². The molecule has 6 aliphatic heterocycles. The van der Waals surface area contributed by atoms with Gasteiger partial charge in [0.15, 0.2) is 22.6 Å². The average molecular weight is 575 g/mol. The number of hydrogen-bond acceptors (Lipinski definition) is 12. The van der Waals surface area contributed by atoms with Gasteiger partial charge in [-0.05, 0) is 52.5 Å². The van der Waals surface area contributed by atoms with Crippen molar-refractivity contribution in [3.8, 4) is 0 Å². The van der Waals surface area contributed by atoms with Crippen molar-refractivity contribution < 1.29 is 58.2 Å². The third-order valence-electron chi connectivity index (χ3n) is 12.3. The van der Waals surface area contributed by atoms with Crippen LogP contribution < -0.4 is 0 Å². The Morgan fingerprint density at radius 2 is 1.71 bits per heavy atom. The lowest BCUT2D eigenvalue weighted by atomic mass is 9.61. The minimum atomic E-state index is -2.23. The predicted molar refractivity (Wildman–Crippen MR) is 132 cm³/mol. The molecule has 0 aromatic heterocycles. The number of Topliss-reactive ketones (excluding diaryl/α,β-unsaturated/α-hetero) is 2. The molecule has 4 spiro atoms. The molecule has 2 saturated carbocycles. The van der Waals surface area contributed by atoms with E-state index in [1.807, 2.05) is 0 Å². The summed E-state index contributed by atoms with van der Waals surface area (Å²) < 4.78 is 31.5. The van der Waals surface area contributed by atoms with Crippen molar-refractivity contribution in [3.05, 3.63) is 11.6 Å². The Bertz CT molecular complexity index is 1400. The number of hydrogen-bond donors (Lipinski definition) is 3. The highest BCUT2D eigenvalue weighted by molar-refractivity contribution is 6.05. The van der Waals surface area contributed by atoms with Gasteiger partial charge in [0.05, 0.1) is 24.5 Å². The third kappa shape index (κ3) is 2.41. The van der Waals surface area contributed by atoms with Crippen molar-refractivity contribution >= 4 is 23.5 Å². The summed E-state index contributed by atoms with van der Waals surface area (Å²) in [4.78, 5) is 54.6. The third-order valence-corrected chi connectivity index (χ3v) is 12.3. The van der Waals surface area contributed by atoms with Crippen LogP contribution in [-0.2, 0) is 42.9 Å². The molecule has 8 aliphatic rings. The predicted octanol–water partition coefficient (Wildman–Crippen LogP) is -0.222. The molecule has 0 aromatic carbocycles. The molecule has 7 fully saturated rings. The molecule has 6 heterocycles. The second-order valence-electron chi connectivity index (χ2n) is 14.3. The van der Waals surface area contributed by atoms with Crippen LogP contribution in [0, 0.1) is 17.3 Å². The Kier molecular flexibility index (Phi) is 4.47. The van der Waals surface area contributed by atoms with Crippen molar-refractivity contribution in [2.45, 2.75) is 118 Å². The number of esters is 2. The van der Waals surface area contributed by atoms with Crippen LogP contribution in [0.5, 0.6) is 0 Å². The molecule has 2 bridgehead atoms. The van der Waals surface area contributed by atoms with Crippen LogP contribution in [0.3, 0.4) is 0 Å². The van der Waals surface area contributed by atoms with Crippen LogP contribution in [0.2, 0.25) is 0 Å². The van der Waals surface area contributed by atoms with Crippen molar-refractivity contribution in [3.63, 3.8) is 0 Å². The van der Waals surface area contributed by atoms with Gasteiger partial charge < -0.3 is 39.0 Å². The Labute approximate surface area is 235 Å². The lowest BCUT2D eigenvalue weighted by Crippen LogP contribution is -2.63. The molecule has 41 heavy (non-hydrogen) atoms. The Morgan fingerprint density at radius 3 is 2.41 bits per heavy atom. The first-order valence-corrected chi connectivity index (χ1v) is 14.4. The monoisotopic (exact) mass is 574 g/mol. The molecule has 0 unspecified atom stereocenters. The molecule has 5 saturated heterocycles. The lowest BCUT2D eigenvalue weighted by Gasteiger charge is -2.43. The summed E-state index contributed by atoms with van der Waals surface area (Å²) in [5.74, 6) is -6.67. The van der Waals surface area contributed by atoms with E-state index in [9.17, 15) is 34.5 Å². The first kappa shape index (κ1) is 26.4. The fourth-order valence-electron chi connectivity index (χ4n) is 10.6. The fourth-order valence-corrected chi connectivity index (χ4v) is 10.6. The van der Waals surface area contributed by atoms with Gasteiger partial charge in [-0.15, -0.1) is 0 Å². The maximum absolute atomic E-state index is 14.8. The highest BCUT2D eigenvalue weighted by Gasteiger charge is 2.93. The number of ketones is 2. The normalized spacial score (nSPS) is 59.8. The smallest absolute Gasteiger partial charge is 0.334 e. The molecule has 0 aromatic rings. The number of rotatable bonds is 1. The summed E-state index contributed by atoms with van der Waals surface area (Å²) in [6.07, 6.45) is -0.538. The van der Waals surface area contributed by atoms with E-state index in [1.54, 1.807) is 13.8 Å². The van der Waals surface area contributed by atoms with E-state index in [2.05, 4.69) is 0 Å². The minimum absolute atomic E-state index is 0.00664. The van der Waals surface area contributed by atoms with E-state index >= 15 is 0 Å². The largest absolute Gasteiger partial charge is 0.456 e. The van der Waals surface area contributed by atoms with E-state index in [1.165, 1.54) is 19.9 Å². The summed E-state index contributed by atoms with van der Waals surface area (Å²) in [6.45, 7) is 5.80. The zero-order chi connectivity index (χ0) is 29.4. The van der Waals surface area contributed by atoms with Crippen LogP contribution >= 0.6 is 0 Å². The summed E-state index contributed by atoms with van der Waals surface area (Å²) >= 11 is 0. The molecule has 0 radical (unpaired) electrons. The zero-order valence-corrected chi connectivity index (χ0v) is 23.4. The number of carbonyl (C=O) groups excluding carboxylic acids is 4. The van der Waals surface area contributed by atoms with Gasteiger partial charge in [0, 0.05) is 23.3 Å². The van der Waals surface area contributed by atoms with Gasteiger partial charge in [0.2, 0.25) is 11.6 Å². The highest BCUT2D eigenvalue weighted by Crippen LogP contribution is 2.75. The van der Waals surface area contributed by atoms with Crippen molar-refractivity contribution in [1.29, 1.82) is 0 Å². The quantitative estimate of drug-likeness (QED) is 0.352. The summed E-state index contributed by atoms with van der Waals surface area (Å²) in [5.41, 5.74) is -11.6. The summed E-state index contributed by atoms with van der Waals surface area (Å²) in [5, 5.41) is 34.6. The average Bonchev–Trinajstić information content (AvgIpc) is 3.46. The maximum atomic E-state index is 14.8. The van der Waals surface area contributed by atoms with Crippen LogP contribution in [0.15, 0.2) is 11.6 Å². The topological polar surface area (TPSA) is 175 Å².